The van der Waals surface area contributed by atoms with Gasteiger partial charge in [0.2, 0.25) is 0 Å². The lowest BCUT2D eigenvalue weighted by atomic mass is 10.0. The van der Waals surface area contributed by atoms with Gasteiger partial charge in [-0.2, -0.15) is 0 Å². The number of non-ortho nitro benzene ring substituents is 2. The molecule has 0 saturated carbocycles. The van der Waals surface area contributed by atoms with Gasteiger partial charge < -0.3 is 9.47 Å². The monoisotopic (exact) mass is 732 g/mol. The van der Waals surface area contributed by atoms with Gasteiger partial charge >= 0.3 is 0 Å². The average molecular weight is 733 g/mol. The van der Waals surface area contributed by atoms with Gasteiger partial charge in [0.1, 0.15) is 36.1 Å². The minimum absolute atomic E-state index is 0.0746. The van der Waals surface area contributed by atoms with Crippen LogP contribution in [0.1, 0.15) is 84.3 Å². The zero-order valence-corrected chi connectivity index (χ0v) is 31.2. The molecule has 0 bridgehead atoms. The maximum Gasteiger partial charge on any atom is 0.269 e. The second-order valence-electron chi connectivity index (χ2n) is 13.6. The van der Waals surface area contributed by atoms with Crippen molar-refractivity contribution >= 4 is 11.4 Å². The first kappa shape index (κ1) is 38.8. The molecule has 0 N–H and O–H groups in total. The molecule has 0 aliphatic heterocycles. The number of aryl methyl sites for hydroxylation is 2. The van der Waals surface area contributed by atoms with Crippen molar-refractivity contribution < 1.29 is 19.3 Å². The van der Waals surface area contributed by atoms with Gasteiger partial charge in [-0.05, 0) is 71.2 Å². The number of nitro groups is 2. The third kappa shape index (κ3) is 10.8. The lowest BCUT2D eigenvalue weighted by molar-refractivity contribution is -0.385. The van der Waals surface area contributed by atoms with Gasteiger partial charge in [0, 0.05) is 24.3 Å². The van der Waals surface area contributed by atoms with E-state index in [-0.39, 0.29) is 11.4 Å². The highest BCUT2D eigenvalue weighted by atomic mass is 16.6. The van der Waals surface area contributed by atoms with Crippen LogP contribution < -0.4 is 9.47 Å². The van der Waals surface area contributed by atoms with Crippen LogP contribution in [0.5, 0.6) is 11.5 Å². The summed E-state index contributed by atoms with van der Waals surface area (Å²) in [4.78, 5) is 20.6. The quantitative estimate of drug-likeness (QED) is 0.0783. The number of hydrogen-bond acceptors (Lipinski definition) is 10. The molecular formula is C40H44N8O6. The minimum Gasteiger partial charge on any atom is -0.487 e. The normalized spacial score (nSPS) is 11.0. The van der Waals surface area contributed by atoms with Gasteiger partial charge in [0.15, 0.2) is 0 Å². The highest BCUT2D eigenvalue weighted by Crippen LogP contribution is 2.29. The van der Waals surface area contributed by atoms with Gasteiger partial charge in [-0.1, -0.05) is 86.7 Å². The van der Waals surface area contributed by atoms with Gasteiger partial charge in [0.25, 0.3) is 11.4 Å². The third-order valence-corrected chi connectivity index (χ3v) is 8.49. The van der Waals surface area contributed by atoms with Gasteiger partial charge in [-0.25, -0.2) is 9.36 Å². The molecule has 0 radical (unpaired) electrons. The fourth-order valence-corrected chi connectivity index (χ4v) is 5.57. The first-order valence-corrected chi connectivity index (χ1v) is 17.6. The van der Waals surface area contributed by atoms with Gasteiger partial charge in [-0.3, -0.25) is 20.2 Å². The molecular weight excluding hydrogens is 688 g/mol. The van der Waals surface area contributed by atoms with E-state index in [1.54, 1.807) is 33.6 Å². The first-order chi connectivity index (χ1) is 25.8. The molecule has 0 fully saturated rings. The van der Waals surface area contributed by atoms with Crippen molar-refractivity contribution in [3.8, 4) is 11.5 Å². The highest BCUT2D eigenvalue weighted by Gasteiger charge is 2.12. The number of aromatic nitrogens is 6. The van der Waals surface area contributed by atoms with Crippen molar-refractivity contribution in [1.82, 2.24) is 30.0 Å². The van der Waals surface area contributed by atoms with Crippen LogP contribution in [-0.4, -0.2) is 39.8 Å². The fourth-order valence-electron chi connectivity index (χ4n) is 5.57. The van der Waals surface area contributed by atoms with E-state index >= 15 is 0 Å². The topological polar surface area (TPSA) is 166 Å². The predicted molar refractivity (Wildman–Crippen MR) is 204 cm³/mol. The van der Waals surface area contributed by atoms with E-state index in [9.17, 15) is 20.2 Å². The molecule has 0 aliphatic rings. The summed E-state index contributed by atoms with van der Waals surface area (Å²) in [5.74, 6) is 2.49. The van der Waals surface area contributed by atoms with E-state index in [0.717, 1.165) is 45.1 Å². The molecule has 2 heterocycles. The summed E-state index contributed by atoms with van der Waals surface area (Å²) in [5, 5.41) is 37.9. The van der Waals surface area contributed by atoms with Crippen LogP contribution in [0.15, 0.2) is 97.3 Å². The minimum atomic E-state index is -0.411. The largest absolute Gasteiger partial charge is 0.487 e. The molecule has 0 saturated heterocycles. The van der Waals surface area contributed by atoms with Crippen LogP contribution in [0.3, 0.4) is 0 Å². The van der Waals surface area contributed by atoms with Crippen LogP contribution in [0.2, 0.25) is 0 Å². The molecule has 0 aliphatic carbocycles. The molecule has 0 spiro atoms. The number of nitro benzene ring substituents is 2. The number of hydrogen-bond donors (Lipinski definition) is 0. The van der Waals surface area contributed by atoms with E-state index in [4.69, 9.17) is 9.47 Å². The first-order valence-electron chi connectivity index (χ1n) is 17.6. The van der Waals surface area contributed by atoms with Crippen molar-refractivity contribution in [2.75, 3.05) is 0 Å². The van der Waals surface area contributed by atoms with Crippen LogP contribution in [-0.2, 0) is 26.3 Å². The molecule has 280 valence electrons. The SMILES string of the molecule is Cc1ccc(C(C)C)c(OCc2cn(Cc3ccc([N+](=O)[O-])cc3)nn2)c1.Cc1ccc(C(C)C)c(OCc2cn(Cc3ccc([N+](=O)[O-])cc3)nn2)c1. The molecule has 0 unspecified atom stereocenters. The van der Waals surface area contributed by atoms with Crippen LogP contribution >= 0.6 is 0 Å². The van der Waals surface area contributed by atoms with Crippen molar-refractivity contribution in [1.29, 1.82) is 0 Å². The van der Waals surface area contributed by atoms with Gasteiger partial charge in [-0.15, -0.1) is 10.2 Å². The predicted octanol–water partition coefficient (Wildman–Crippen LogP) is 8.49. The Hall–Kier alpha value is -6.44. The zero-order chi connectivity index (χ0) is 38.8. The van der Waals surface area contributed by atoms with Crippen molar-refractivity contribution in [2.45, 2.75) is 79.7 Å². The Morgan fingerprint density at radius 1 is 0.593 bits per heavy atom. The maximum absolute atomic E-state index is 10.7. The van der Waals surface area contributed by atoms with Gasteiger partial charge in [0.05, 0.1) is 35.3 Å². The lowest BCUT2D eigenvalue weighted by Gasteiger charge is -2.14. The van der Waals surface area contributed by atoms with E-state index in [0.29, 0.717) is 38.1 Å². The molecule has 4 aromatic carbocycles. The standard InChI is InChI=1S/2C20H22N4O3/c2*1-14(2)19-9-4-15(3)10-20(19)27-13-17-12-23(22-21-17)11-16-5-7-18(8-6-16)24(25)26/h2*4-10,12,14H,11,13H2,1-3H3. The van der Waals surface area contributed by atoms with Crippen LogP contribution in [0, 0.1) is 34.1 Å². The van der Waals surface area contributed by atoms with E-state index in [2.05, 4.69) is 72.6 Å². The van der Waals surface area contributed by atoms with Crippen molar-refractivity contribution in [3.63, 3.8) is 0 Å². The summed E-state index contributed by atoms with van der Waals surface area (Å²) in [6.45, 7) is 14.3. The summed E-state index contributed by atoms with van der Waals surface area (Å²) < 4.78 is 15.3. The van der Waals surface area contributed by atoms with E-state index in [1.165, 1.54) is 35.4 Å². The fraction of sp³-hybridized carbons (Fsp3) is 0.300. The van der Waals surface area contributed by atoms with Crippen LogP contribution in [0.25, 0.3) is 0 Å². The molecule has 0 amide bonds. The van der Waals surface area contributed by atoms with Crippen molar-refractivity contribution in [2.24, 2.45) is 0 Å². The number of benzene rings is 4. The average Bonchev–Trinajstić information content (AvgIpc) is 3.79. The summed E-state index contributed by atoms with van der Waals surface area (Å²) >= 11 is 0. The molecule has 14 nitrogen and oxygen atoms in total. The molecule has 6 rings (SSSR count). The third-order valence-electron chi connectivity index (χ3n) is 8.49. The second-order valence-corrected chi connectivity index (χ2v) is 13.6. The van der Waals surface area contributed by atoms with E-state index in [1.807, 2.05) is 38.4 Å². The summed E-state index contributed by atoms with van der Waals surface area (Å²) in [5.41, 5.74) is 8.07. The lowest BCUT2D eigenvalue weighted by Crippen LogP contribution is -2.01. The Labute approximate surface area is 313 Å². The number of nitrogens with zero attached hydrogens (tertiary/aromatic N) is 8. The molecule has 2 aromatic heterocycles. The molecule has 14 heteroatoms. The van der Waals surface area contributed by atoms with Crippen molar-refractivity contribution in [3.05, 3.63) is 162 Å². The molecule has 6 aromatic rings. The highest BCUT2D eigenvalue weighted by molar-refractivity contribution is 5.40. The number of ether oxygens (including phenoxy) is 2. The molecule has 54 heavy (non-hydrogen) atoms. The maximum atomic E-state index is 10.7. The Morgan fingerprint density at radius 2 is 0.963 bits per heavy atom. The smallest absolute Gasteiger partial charge is 0.269 e. The number of rotatable bonds is 14. The summed E-state index contributed by atoms with van der Waals surface area (Å²) in [7, 11) is 0. The van der Waals surface area contributed by atoms with Crippen LogP contribution in [0.4, 0.5) is 11.4 Å². The second kappa shape index (κ2) is 17.9. The summed E-state index contributed by atoms with van der Waals surface area (Å²) in [6, 6.07) is 25.3. The zero-order valence-electron chi connectivity index (χ0n) is 31.2. The molecule has 0 atom stereocenters. The summed E-state index contributed by atoms with van der Waals surface area (Å²) in [6.07, 6.45) is 3.65. The Kier molecular flexibility index (Phi) is 12.8. The Bertz CT molecular complexity index is 2020. The Morgan fingerprint density at radius 3 is 1.30 bits per heavy atom. The van der Waals surface area contributed by atoms with E-state index < -0.39 is 9.85 Å². The Balaban J connectivity index is 0.000000208.